The standard InChI is InChI=1S/C24H34O4/c1-13(2)17-12-20(26)24(6)10-9-15(4)22-18(11-14(3)7-8-19(17)24)21(16(5)25)23(27)28-22/h11-13,16,18-19,21,25H,7-10H2,1-6H3/b14-11+,22-15+/t16?,18-,19-,21-,24+/m0/s1. The molecule has 0 aromatic rings. The van der Waals surface area contributed by atoms with E-state index < -0.39 is 17.4 Å². The molecule has 0 radical (unpaired) electrons. The number of aliphatic hydroxyl groups is 1. The molecular weight excluding hydrogens is 352 g/mol. The highest BCUT2D eigenvalue weighted by atomic mass is 16.5. The van der Waals surface area contributed by atoms with Gasteiger partial charge in [-0.3, -0.25) is 9.59 Å². The summed E-state index contributed by atoms with van der Waals surface area (Å²) in [7, 11) is 0. The molecule has 5 atom stereocenters. The molecule has 1 unspecified atom stereocenters. The lowest BCUT2D eigenvalue weighted by Crippen LogP contribution is -2.32. The number of hydrogen-bond donors (Lipinski definition) is 1. The minimum atomic E-state index is -0.758. The van der Waals surface area contributed by atoms with Gasteiger partial charge in [0.1, 0.15) is 5.76 Å². The van der Waals surface area contributed by atoms with Crippen LogP contribution in [0.5, 0.6) is 0 Å². The van der Waals surface area contributed by atoms with Gasteiger partial charge in [0.2, 0.25) is 0 Å². The summed E-state index contributed by atoms with van der Waals surface area (Å²) in [5, 5.41) is 10.2. The molecule has 0 aromatic carbocycles. The van der Waals surface area contributed by atoms with Crippen molar-refractivity contribution in [2.45, 2.75) is 73.3 Å². The first kappa shape index (κ1) is 21.0. The topological polar surface area (TPSA) is 63.6 Å². The molecule has 0 bridgehead atoms. The Hall–Kier alpha value is -1.68. The van der Waals surface area contributed by atoms with E-state index in [9.17, 15) is 14.7 Å². The van der Waals surface area contributed by atoms with Crippen molar-refractivity contribution in [2.75, 3.05) is 0 Å². The number of aliphatic hydroxyl groups excluding tert-OH is 1. The van der Waals surface area contributed by atoms with Crippen molar-refractivity contribution in [3.05, 3.63) is 34.6 Å². The van der Waals surface area contributed by atoms with Crippen LogP contribution in [0.1, 0.15) is 67.2 Å². The van der Waals surface area contributed by atoms with Crippen LogP contribution in [0, 0.1) is 29.1 Å². The SMILES string of the molecule is C/C1=C\[C@@H]2/C(=C(/C)CC[C@@]3(C)C(=O)C=C(C(C)C)[C@@H]3CC1)OC(=O)[C@H]2C(C)O. The summed E-state index contributed by atoms with van der Waals surface area (Å²) in [5.74, 6) is 0.429. The van der Waals surface area contributed by atoms with Gasteiger partial charge in [-0.05, 0) is 69.9 Å². The van der Waals surface area contributed by atoms with Crippen molar-refractivity contribution >= 4 is 11.8 Å². The lowest BCUT2D eigenvalue weighted by molar-refractivity contribution is -0.142. The average molecular weight is 387 g/mol. The van der Waals surface area contributed by atoms with Gasteiger partial charge in [-0.25, -0.2) is 0 Å². The molecule has 1 N–H and O–H groups in total. The Morgan fingerprint density at radius 1 is 1.18 bits per heavy atom. The van der Waals surface area contributed by atoms with Crippen LogP contribution in [-0.2, 0) is 14.3 Å². The number of ether oxygens (including phenoxy) is 1. The Balaban J connectivity index is 2.02. The molecule has 3 rings (SSSR count). The van der Waals surface area contributed by atoms with Crippen LogP contribution in [-0.4, -0.2) is 23.0 Å². The lowest BCUT2D eigenvalue weighted by Gasteiger charge is -2.33. The average Bonchev–Trinajstić information content (AvgIpc) is 3.05. The Bertz CT molecular complexity index is 767. The summed E-state index contributed by atoms with van der Waals surface area (Å²) < 4.78 is 5.64. The van der Waals surface area contributed by atoms with Crippen LogP contribution in [0.25, 0.3) is 0 Å². The van der Waals surface area contributed by atoms with Gasteiger partial charge in [0.25, 0.3) is 0 Å². The molecule has 4 nitrogen and oxygen atoms in total. The maximum Gasteiger partial charge on any atom is 0.317 e. The first-order valence-corrected chi connectivity index (χ1v) is 10.6. The van der Waals surface area contributed by atoms with Crippen molar-refractivity contribution in [1.29, 1.82) is 0 Å². The van der Waals surface area contributed by atoms with E-state index in [1.807, 2.05) is 13.0 Å². The highest BCUT2D eigenvalue weighted by molar-refractivity contribution is 5.98. The summed E-state index contributed by atoms with van der Waals surface area (Å²) in [4.78, 5) is 25.4. The zero-order chi connectivity index (χ0) is 20.8. The molecule has 28 heavy (non-hydrogen) atoms. The summed E-state index contributed by atoms with van der Waals surface area (Å²) >= 11 is 0. The van der Waals surface area contributed by atoms with E-state index in [1.54, 1.807) is 6.92 Å². The second-order valence-corrected chi connectivity index (χ2v) is 9.54. The molecule has 154 valence electrons. The molecule has 1 fully saturated rings. The first-order valence-electron chi connectivity index (χ1n) is 10.6. The fourth-order valence-electron chi connectivity index (χ4n) is 5.24. The van der Waals surface area contributed by atoms with Gasteiger partial charge in [0.05, 0.1) is 17.9 Å². The van der Waals surface area contributed by atoms with E-state index in [4.69, 9.17) is 4.74 Å². The smallest absolute Gasteiger partial charge is 0.317 e. The van der Waals surface area contributed by atoms with Crippen LogP contribution in [0.15, 0.2) is 34.6 Å². The summed E-state index contributed by atoms with van der Waals surface area (Å²) in [5.41, 5.74) is 3.08. The minimum absolute atomic E-state index is 0.214. The van der Waals surface area contributed by atoms with Crippen molar-refractivity contribution in [3.63, 3.8) is 0 Å². The van der Waals surface area contributed by atoms with Crippen LogP contribution in [0.2, 0.25) is 0 Å². The van der Waals surface area contributed by atoms with Crippen LogP contribution >= 0.6 is 0 Å². The van der Waals surface area contributed by atoms with Crippen LogP contribution in [0.3, 0.4) is 0 Å². The van der Waals surface area contributed by atoms with E-state index in [1.165, 1.54) is 11.1 Å². The third-order valence-electron chi connectivity index (χ3n) is 7.12. The minimum Gasteiger partial charge on any atom is -0.430 e. The van der Waals surface area contributed by atoms with Gasteiger partial charge in [-0.1, -0.05) is 38.0 Å². The van der Waals surface area contributed by atoms with E-state index in [0.717, 1.165) is 31.3 Å². The summed E-state index contributed by atoms with van der Waals surface area (Å²) in [6.07, 6.45) is 6.53. The highest BCUT2D eigenvalue weighted by Gasteiger charge is 2.48. The molecule has 1 aliphatic heterocycles. The Morgan fingerprint density at radius 3 is 2.46 bits per heavy atom. The van der Waals surface area contributed by atoms with Crippen LogP contribution < -0.4 is 0 Å². The molecule has 0 spiro atoms. The molecule has 4 heteroatoms. The largest absolute Gasteiger partial charge is 0.430 e. The van der Waals surface area contributed by atoms with Crippen molar-refractivity contribution in [3.8, 4) is 0 Å². The van der Waals surface area contributed by atoms with Crippen molar-refractivity contribution in [2.24, 2.45) is 29.1 Å². The number of rotatable bonds is 2. The monoisotopic (exact) mass is 386 g/mol. The second kappa shape index (κ2) is 7.62. The number of carbonyl (C=O) groups is 2. The third kappa shape index (κ3) is 3.52. The Kier molecular flexibility index (Phi) is 5.73. The summed E-state index contributed by atoms with van der Waals surface area (Å²) in [6.45, 7) is 12.2. The van der Waals surface area contributed by atoms with Gasteiger partial charge in [0.15, 0.2) is 5.78 Å². The maximum atomic E-state index is 13.0. The van der Waals surface area contributed by atoms with E-state index >= 15 is 0 Å². The van der Waals surface area contributed by atoms with Gasteiger partial charge in [-0.2, -0.15) is 0 Å². The van der Waals surface area contributed by atoms with Crippen molar-refractivity contribution in [1.82, 2.24) is 0 Å². The molecular formula is C24H34O4. The quantitative estimate of drug-likeness (QED) is 0.550. The number of hydrogen-bond acceptors (Lipinski definition) is 4. The highest BCUT2D eigenvalue weighted by Crippen LogP contribution is 2.50. The molecule has 1 heterocycles. The van der Waals surface area contributed by atoms with Gasteiger partial charge < -0.3 is 9.84 Å². The summed E-state index contributed by atoms with van der Waals surface area (Å²) in [6, 6.07) is 0. The van der Waals surface area contributed by atoms with Crippen molar-refractivity contribution < 1.29 is 19.4 Å². The fraction of sp³-hybridized carbons (Fsp3) is 0.667. The third-order valence-corrected chi connectivity index (χ3v) is 7.12. The zero-order valence-electron chi connectivity index (χ0n) is 18.0. The van der Waals surface area contributed by atoms with E-state index in [2.05, 4.69) is 33.8 Å². The number of esters is 1. The fourth-order valence-corrected chi connectivity index (χ4v) is 5.24. The van der Waals surface area contributed by atoms with Gasteiger partial charge in [0, 0.05) is 5.41 Å². The number of fused-ring (bicyclic) bond motifs is 2. The van der Waals surface area contributed by atoms with Gasteiger partial charge in [-0.15, -0.1) is 0 Å². The normalized spacial score (nSPS) is 39.5. The molecule has 1 saturated heterocycles. The predicted molar refractivity (Wildman–Crippen MR) is 109 cm³/mol. The first-order chi connectivity index (χ1) is 13.1. The van der Waals surface area contributed by atoms with E-state index in [-0.39, 0.29) is 23.6 Å². The molecule has 2 aliphatic carbocycles. The number of ketones is 1. The zero-order valence-corrected chi connectivity index (χ0v) is 18.0. The maximum absolute atomic E-state index is 13.0. The predicted octanol–water partition coefficient (Wildman–Crippen LogP) is 4.74. The molecule has 0 saturated carbocycles. The molecule has 3 aliphatic rings. The second-order valence-electron chi connectivity index (χ2n) is 9.54. The van der Waals surface area contributed by atoms with E-state index in [0.29, 0.717) is 11.7 Å². The number of allylic oxidation sites excluding steroid dienone is 5. The number of carbonyl (C=O) groups excluding carboxylic acids is 2. The molecule has 0 aromatic heterocycles. The lowest BCUT2D eigenvalue weighted by atomic mass is 9.69. The van der Waals surface area contributed by atoms with Crippen LogP contribution in [0.4, 0.5) is 0 Å². The molecule has 0 amide bonds. The Labute approximate surface area is 168 Å². The Morgan fingerprint density at radius 2 is 1.86 bits per heavy atom. The van der Waals surface area contributed by atoms with Gasteiger partial charge >= 0.3 is 5.97 Å².